The molecule has 5 rings (SSSR count). The van der Waals surface area contributed by atoms with Crippen LogP contribution in [0.5, 0.6) is 0 Å². The molecule has 2 aromatic carbocycles. The number of anilines is 1. The molecule has 188 valence electrons. The van der Waals surface area contributed by atoms with Crippen LogP contribution in [0.3, 0.4) is 0 Å². The Balaban J connectivity index is 1.46. The maximum atomic E-state index is 13.7. The predicted molar refractivity (Wildman–Crippen MR) is 136 cm³/mol. The number of hydrogen-bond donors (Lipinski definition) is 2. The summed E-state index contributed by atoms with van der Waals surface area (Å²) in [4.78, 5) is 32.0. The molecule has 0 radical (unpaired) electrons. The zero-order chi connectivity index (χ0) is 25.2. The number of Topliss-reactive ketones (excluding diaryl/α,β-unsaturated/α-hetero) is 1. The average molecular weight is 491 g/mol. The fourth-order valence-corrected chi connectivity index (χ4v) is 5.05. The van der Waals surface area contributed by atoms with Gasteiger partial charge in [-0.3, -0.25) is 9.59 Å². The average Bonchev–Trinajstić information content (AvgIpc) is 3.44. The number of furan rings is 1. The standard InChI is InChI=1S/C28H31N3O5/c1-29(2)21-10-8-19(9-11-21)25-24(26(32)23-18-20-6-3-4-7-22(20)36-23)27(33)28(34)31(25)13-5-12-30-14-16-35-17-15-30/h3-4,6-11,18,25,33H,5,12-17H2,1-2H3/p+1/t25-/m1/s1. The molecule has 2 N–H and O–H groups in total. The van der Waals surface area contributed by atoms with Crippen LogP contribution in [0.4, 0.5) is 5.69 Å². The number of ketones is 1. The molecule has 2 aliphatic rings. The molecule has 1 atom stereocenters. The Hall–Kier alpha value is -3.62. The van der Waals surface area contributed by atoms with E-state index in [-0.39, 0.29) is 11.3 Å². The van der Waals surface area contributed by atoms with Crippen molar-refractivity contribution in [3.63, 3.8) is 0 Å². The highest BCUT2D eigenvalue weighted by molar-refractivity contribution is 6.16. The van der Waals surface area contributed by atoms with Crippen molar-refractivity contribution in [2.24, 2.45) is 0 Å². The van der Waals surface area contributed by atoms with Gasteiger partial charge in [0, 0.05) is 38.1 Å². The predicted octanol–water partition coefficient (Wildman–Crippen LogP) is 2.38. The summed E-state index contributed by atoms with van der Waals surface area (Å²) in [6.45, 7) is 4.72. The summed E-state index contributed by atoms with van der Waals surface area (Å²) in [5.74, 6) is -1.38. The van der Waals surface area contributed by atoms with E-state index < -0.39 is 23.5 Å². The maximum absolute atomic E-state index is 13.7. The SMILES string of the molecule is CN(C)c1ccc([C@@H]2C(C(=O)c3cc4ccccc4o3)=C(O)C(=O)N2CCC[NH+]2CCOCC2)cc1. The number of aliphatic hydroxyl groups is 1. The fraction of sp³-hybridized carbons (Fsp3) is 0.357. The largest absolute Gasteiger partial charge is 0.503 e. The Kier molecular flexibility index (Phi) is 6.80. The molecule has 1 aromatic heterocycles. The van der Waals surface area contributed by atoms with Gasteiger partial charge in [0.15, 0.2) is 11.5 Å². The molecule has 36 heavy (non-hydrogen) atoms. The monoisotopic (exact) mass is 490 g/mol. The number of amides is 1. The molecule has 0 spiro atoms. The van der Waals surface area contributed by atoms with Crippen LogP contribution in [-0.2, 0) is 9.53 Å². The summed E-state index contributed by atoms with van der Waals surface area (Å²) >= 11 is 0. The van der Waals surface area contributed by atoms with E-state index >= 15 is 0 Å². The van der Waals surface area contributed by atoms with Crippen molar-refractivity contribution in [3.8, 4) is 0 Å². The Labute approximate surface area is 210 Å². The lowest BCUT2D eigenvalue weighted by Gasteiger charge is -2.28. The van der Waals surface area contributed by atoms with Crippen molar-refractivity contribution >= 4 is 28.3 Å². The summed E-state index contributed by atoms with van der Waals surface area (Å²) in [7, 11) is 3.91. The lowest BCUT2D eigenvalue weighted by Crippen LogP contribution is -3.14. The second kappa shape index (κ2) is 10.2. The zero-order valence-corrected chi connectivity index (χ0v) is 20.7. The third-order valence-corrected chi connectivity index (χ3v) is 7.05. The fourth-order valence-electron chi connectivity index (χ4n) is 5.05. The molecule has 1 saturated heterocycles. The summed E-state index contributed by atoms with van der Waals surface area (Å²) in [6.07, 6.45) is 0.757. The quantitative estimate of drug-likeness (QED) is 0.472. The number of aliphatic hydroxyl groups excluding tert-OH is 1. The van der Waals surface area contributed by atoms with Crippen LogP contribution in [0.1, 0.15) is 28.6 Å². The van der Waals surface area contributed by atoms with Gasteiger partial charge in [-0.15, -0.1) is 0 Å². The van der Waals surface area contributed by atoms with Crippen molar-refractivity contribution < 1.29 is 28.7 Å². The molecule has 3 heterocycles. The van der Waals surface area contributed by atoms with Crippen LogP contribution in [0.2, 0.25) is 0 Å². The van der Waals surface area contributed by atoms with Crippen molar-refractivity contribution in [1.29, 1.82) is 0 Å². The number of benzene rings is 2. The molecule has 0 bridgehead atoms. The van der Waals surface area contributed by atoms with Crippen LogP contribution >= 0.6 is 0 Å². The van der Waals surface area contributed by atoms with Gasteiger partial charge in [-0.2, -0.15) is 0 Å². The van der Waals surface area contributed by atoms with E-state index in [0.29, 0.717) is 12.1 Å². The lowest BCUT2D eigenvalue weighted by molar-refractivity contribution is -0.908. The maximum Gasteiger partial charge on any atom is 0.290 e. The zero-order valence-electron chi connectivity index (χ0n) is 20.7. The molecule has 8 heteroatoms. The lowest BCUT2D eigenvalue weighted by atomic mass is 9.94. The first-order valence-corrected chi connectivity index (χ1v) is 12.4. The van der Waals surface area contributed by atoms with Crippen LogP contribution in [-0.4, -0.2) is 75.2 Å². The highest BCUT2D eigenvalue weighted by atomic mass is 16.5. The van der Waals surface area contributed by atoms with E-state index in [2.05, 4.69) is 0 Å². The van der Waals surface area contributed by atoms with Crippen molar-refractivity contribution in [1.82, 2.24) is 4.90 Å². The van der Waals surface area contributed by atoms with Gasteiger partial charge in [0.25, 0.3) is 5.91 Å². The molecule has 0 unspecified atom stereocenters. The summed E-state index contributed by atoms with van der Waals surface area (Å²) in [5.41, 5.74) is 2.43. The first kappa shape index (κ1) is 24.1. The van der Waals surface area contributed by atoms with Crippen molar-refractivity contribution in [3.05, 3.63) is 77.3 Å². The first-order valence-electron chi connectivity index (χ1n) is 12.4. The number of carbonyl (C=O) groups excluding carboxylic acids is 2. The van der Waals surface area contributed by atoms with E-state index in [4.69, 9.17) is 9.15 Å². The Morgan fingerprint density at radius 2 is 1.83 bits per heavy atom. The molecular formula is C28H32N3O5+. The number of para-hydroxylation sites is 1. The molecule has 0 saturated carbocycles. The normalized spacial score (nSPS) is 18.9. The van der Waals surface area contributed by atoms with Gasteiger partial charge in [0.05, 0.1) is 31.4 Å². The van der Waals surface area contributed by atoms with Gasteiger partial charge < -0.3 is 29.0 Å². The summed E-state index contributed by atoms with van der Waals surface area (Å²) < 4.78 is 11.3. The number of fused-ring (bicyclic) bond motifs is 1. The van der Waals surface area contributed by atoms with Gasteiger partial charge >= 0.3 is 0 Å². The topological polar surface area (TPSA) is 87.7 Å². The van der Waals surface area contributed by atoms with E-state index in [1.54, 1.807) is 17.0 Å². The minimum Gasteiger partial charge on any atom is -0.503 e. The number of hydrogen-bond acceptors (Lipinski definition) is 6. The molecule has 1 fully saturated rings. The number of nitrogens with zero attached hydrogens (tertiary/aromatic N) is 2. The van der Waals surface area contributed by atoms with Crippen LogP contribution in [0.15, 0.2) is 70.3 Å². The number of rotatable bonds is 8. The van der Waals surface area contributed by atoms with Gasteiger partial charge in [0.2, 0.25) is 5.78 Å². The highest BCUT2D eigenvalue weighted by Crippen LogP contribution is 2.40. The summed E-state index contributed by atoms with van der Waals surface area (Å²) in [6, 6.07) is 16.1. The Morgan fingerprint density at radius 3 is 2.53 bits per heavy atom. The van der Waals surface area contributed by atoms with E-state index in [9.17, 15) is 14.7 Å². The second-order valence-corrected chi connectivity index (χ2v) is 9.59. The van der Waals surface area contributed by atoms with Crippen LogP contribution in [0, 0.1) is 0 Å². The van der Waals surface area contributed by atoms with Crippen LogP contribution < -0.4 is 9.80 Å². The summed E-state index contributed by atoms with van der Waals surface area (Å²) in [5, 5.41) is 11.7. The number of morpholine rings is 1. The molecule has 8 nitrogen and oxygen atoms in total. The molecule has 1 amide bonds. The van der Waals surface area contributed by atoms with Crippen LogP contribution in [0.25, 0.3) is 11.0 Å². The molecule has 3 aromatic rings. The van der Waals surface area contributed by atoms with E-state index in [0.717, 1.165) is 55.9 Å². The molecule has 2 aliphatic heterocycles. The third-order valence-electron chi connectivity index (χ3n) is 7.05. The van der Waals surface area contributed by atoms with Gasteiger partial charge in [0.1, 0.15) is 18.7 Å². The first-order chi connectivity index (χ1) is 17.4. The van der Waals surface area contributed by atoms with E-state index in [1.165, 1.54) is 4.90 Å². The van der Waals surface area contributed by atoms with Gasteiger partial charge in [-0.25, -0.2) is 0 Å². The van der Waals surface area contributed by atoms with Crippen molar-refractivity contribution in [2.75, 3.05) is 58.4 Å². The minimum absolute atomic E-state index is 0.0652. The Morgan fingerprint density at radius 1 is 1.11 bits per heavy atom. The number of carbonyl (C=O) groups is 2. The van der Waals surface area contributed by atoms with Gasteiger partial charge in [-0.05, 0) is 29.8 Å². The second-order valence-electron chi connectivity index (χ2n) is 9.59. The minimum atomic E-state index is -0.686. The number of nitrogens with one attached hydrogen (secondary N) is 1. The van der Waals surface area contributed by atoms with E-state index in [1.807, 2.05) is 61.5 Å². The smallest absolute Gasteiger partial charge is 0.290 e. The van der Waals surface area contributed by atoms with Crippen molar-refractivity contribution in [2.45, 2.75) is 12.5 Å². The van der Waals surface area contributed by atoms with Gasteiger partial charge in [-0.1, -0.05) is 30.3 Å². The number of ether oxygens (including phenoxy) is 1. The molecule has 0 aliphatic carbocycles. The molecular weight excluding hydrogens is 458 g/mol. The highest BCUT2D eigenvalue weighted by Gasteiger charge is 2.44. The number of quaternary nitrogens is 1. The Bertz CT molecular complexity index is 1260. The third kappa shape index (κ3) is 4.62.